The monoisotopic (exact) mass is 1460 g/mol. The van der Waals surface area contributed by atoms with Crippen LogP contribution in [0.3, 0.4) is 0 Å². The van der Waals surface area contributed by atoms with Gasteiger partial charge in [0.1, 0.15) is 73.2 Å². The highest BCUT2D eigenvalue weighted by molar-refractivity contribution is 7.82. The van der Waals surface area contributed by atoms with Crippen LogP contribution in [0.4, 0.5) is 0 Å². The fraction of sp³-hybridized carbons (Fsp3) is 0.917. The molecule has 0 bridgehead atoms. The topological polar surface area (TPSA) is 757 Å². The van der Waals surface area contributed by atoms with Gasteiger partial charge in [0.05, 0.1) is 38.1 Å². The zero-order valence-corrected chi connectivity index (χ0v) is 49.3. The van der Waals surface area contributed by atoms with Crippen molar-refractivity contribution in [3.63, 3.8) is 0 Å². The molecule has 6 heterocycles. The van der Waals surface area contributed by atoms with E-state index < -0.39 is 285 Å². The Morgan fingerprint density at radius 3 is 0.912 bits per heavy atom. The van der Waals surface area contributed by atoms with E-state index in [2.05, 4.69) is 25.1 Å². The van der Waals surface area contributed by atoms with Gasteiger partial charge >= 0.3 is 80.3 Å². The van der Waals surface area contributed by atoms with Gasteiger partial charge in [-0.15, -0.1) is 0 Å². The molecule has 17 N–H and O–H groups in total. The van der Waals surface area contributed by atoms with Crippen LogP contribution in [0.5, 0.6) is 0 Å². The molecule has 0 saturated carbocycles. The lowest BCUT2D eigenvalue weighted by molar-refractivity contribution is -0.371. The Morgan fingerprint density at radius 1 is 0.330 bits per heavy atom. The van der Waals surface area contributed by atoms with Crippen molar-refractivity contribution < 1.29 is 226 Å². The van der Waals surface area contributed by atoms with E-state index in [1.165, 1.54) is 0 Å². The van der Waals surface area contributed by atoms with Crippen LogP contribution in [0.1, 0.15) is 19.3 Å². The lowest BCUT2D eigenvalue weighted by Crippen LogP contribution is -2.66. The summed E-state index contributed by atoms with van der Waals surface area (Å²) in [5.74, 6) is -6.52. The highest BCUT2D eigenvalue weighted by Crippen LogP contribution is 2.39. The van der Waals surface area contributed by atoms with E-state index >= 15 is 0 Å². The number of aliphatic hydroxyl groups is 8. The van der Waals surface area contributed by atoms with Crippen LogP contribution in [0.15, 0.2) is 0 Å². The quantitative estimate of drug-likeness (QED) is 0.0324. The van der Waals surface area contributed by atoms with Crippen LogP contribution < -0.4 is 0 Å². The second-order valence-electron chi connectivity index (χ2n) is 19.6. The van der Waals surface area contributed by atoms with E-state index in [4.69, 9.17) is 56.7 Å². The summed E-state index contributed by atoms with van der Waals surface area (Å²) < 4.78 is 283. The molecule has 49 nitrogen and oxygen atoms in total. The summed E-state index contributed by atoms with van der Waals surface area (Å²) >= 11 is 0. The molecule has 0 radical (unpaired) electrons. The molecule has 0 aromatic rings. The molecular formula is C36H56O49S6. The van der Waals surface area contributed by atoms with Crippen molar-refractivity contribution in [1.29, 1.82) is 0 Å². The summed E-state index contributed by atoms with van der Waals surface area (Å²) in [5, 5.41) is 118. The third-order valence-corrected chi connectivity index (χ3v) is 15.9. The van der Waals surface area contributed by atoms with E-state index in [9.17, 15) is 144 Å². The standard InChI is InChI=1S/C36H56O49S6/c37-7-1-13(40)72-10(4-69-86(51,52)53)20(7)77-35-27(84-90(63,64)65)18(43)23(29(81-35)32(47)48)76-15-3-9(39)22(12(74-15)6-71-88(57,58)59)79-36-28(85-91(66,67)68)19(44)24(30(82-36)33(49)50)75-14-2-8(38)21(11(73-14)5-70-87(54,55)56)78-34-26(83-89(60,61)62)17(42)16(41)25(80-34)31(45)46/h7-30,34-44H,1-6H2,(H,45,46)(H,47,48)(H,49,50)(H,51,52,53)(H,54,55,56)(H,57,58,59)(H,60,61,62)(H,63,64,65)(H,66,67,68)/t7-,8-,9-,10-,11-,12-,13+,14-,15-,16+,17+,18+,19+,20+,21+,22+,23+,24+,25-,26-,27-,28-,29-,30-,34-,35-,36-/m1/s1. The Kier molecular flexibility index (Phi) is 25.4. The summed E-state index contributed by atoms with van der Waals surface area (Å²) in [6.07, 6.45) is -71.3. The molecule has 27 atom stereocenters. The first-order valence-electron chi connectivity index (χ1n) is 24.7. The summed E-state index contributed by atoms with van der Waals surface area (Å²) in [5.41, 5.74) is 0. The van der Waals surface area contributed by atoms with Gasteiger partial charge in [-0.25, -0.2) is 39.5 Å². The minimum Gasteiger partial charge on any atom is -0.479 e. The zero-order chi connectivity index (χ0) is 68.6. The lowest BCUT2D eigenvalue weighted by Gasteiger charge is -2.48. The number of ether oxygens (including phenoxy) is 11. The summed E-state index contributed by atoms with van der Waals surface area (Å²) in [6, 6.07) is 0. The second kappa shape index (κ2) is 30.1. The fourth-order valence-electron chi connectivity index (χ4n) is 9.58. The molecule has 0 aromatic heterocycles. The normalized spacial score (nSPS) is 40.9. The molecule has 55 heteroatoms. The van der Waals surface area contributed by atoms with Crippen LogP contribution in [-0.2, 0) is 154 Å². The van der Waals surface area contributed by atoms with Crippen LogP contribution in [0, 0.1) is 0 Å². The van der Waals surface area contributed by atoms with Crippen molar-refractivity contribution in [2.45, 2.75) is 185 Å². The van der Waals surface area contributed by atoms with Crippen LogP contribution >= 0.6 is 0 Å². The van der Waals surface area contributed by atoms with Crippen molar-refractivity contribution >= 4 is 80.3 Å². The third-order valence-electron chi connectivity index (χ3n) is 13.2. The van der Waals surface area contributed by atoms with Gasteiger partial charge in [0.25, 0.3) is 0 Å². The first-order valence-corrected chi connectivity index (χ1v) is 32.9. The Balaban J connectivity index is 1.26. The summed E-state index contributed by atoms with van der Waals surface area (Å²) in [6.45, 7) is -4.51. The highest BCUT2D eigenvalue weighted by atomic mass is 32.3. The predicted molar refractivity (Wildman–Crippen MR) is 259 cm³/mol. The fourth-order valence-corrected chi connectivity index (χ4v) is 12.0. The van der Waals surface area contributed by atoms with Crippen molar-refractivity contribution in [3.8, 4) is 0 Å². The molecule has 0 aliphatic carbocycles. The maximum Gasteiger partial charge on any atom is 0.397 e. The second-order valence-corrected chi connectivity index (χ2v) is 26.0. The largest absolute Gasteiger partial charge is 0.479 e. The lowest BCUT2D eigenvalue weighted by atomic mass is 9.96. The summed E-state index contributed by atoms with van der Waals surface area (Å²) in [4.78, 5) is 37.4. The number of carboxylic acids is 3. The molecule has 6 rings (SSSR count). The zero-order valence-electron chi connectivity index (χ0n) is 44.4. The van der Waals surface area contributed by atoms with Gasteiger partial charge in [0.15, 0.2) is 74.4 Å². The molecule has 0 spiro atoms. The maximum atomic E-state index is 12.9. The van der Waals surface area contributed by atoms with Gasteiger partial charge < -0.3 is 108 Å². The minimum atomic E-state index is -5.99. The van der Waals surface area contributed by atoms with Gasteiger partial charge in [-0.1, -0.05) is 0 Å². The maximum absolute atomic E-state index is 12.9. The number of hydrogen-bond donors (Lipinski definition) is 17. The third kappa shape index (κ3) is 21.7. The Bertz CT molecular complexity index is 3220. The SMILES string of the molecule is O=C(O)[C@@H]1O[C@@H](O[C@H]2[C@H](O)C[C@@H](O[C@H]3[C@H](O)[C@@H](OS(=O)(=O)O)[C@H](O[C@H]4[C@H](O)C[C@@H](O[C@H]5[C@H](O)[C@@H](OS(=O)(=O)O)[C@H](O[C@H]6[C@H](O)C[C@@H](O)O[C@@H]6COS(=O)(=O)O)O[C@H]5C(=O)O)O[C@@H]4COS(=O)(=O)O)O[C@H]3C(=O)O)O[C@@H]2COS(=O)(=O)O)[C@H](OS(=O)(=O)O)[C@@H](O)[C@@H]1O. The van der Waals surface area contributed by atoms with Crippen molar-refractivity contribution in [1.82, 2.24) is 0 Å². The van der Waals surface area contributed by atoms with Crippen molar-refractivity contribution in [2.75, 3.05) is 19.8 Å². The molecule has 6 saturated heterocycles. The van der Waals surface area contributed by atoms with Crippen LogP contribution in [-0.4, -0.2) is 338 Å². The molecule has 0 amide bonds. The smallest absolute Gasteiger partial charge is 0.397 e. The Hall–Kier alpha value is -3.13. The Morgan fingerprint density at radius 2 is 0.615 bits per heavy atom. The van der Waals surface area contributed by atoms with Gasteiger partial charge in [-0.3, -0.25) is 27.3 Å². The molecule has 6 fully saturated rings. The number of carboxylic acid groups (broad SMARTS) is 3. The minimum absolute atomic E-state index is 0.803. The molecule has 6 aliphatic heterocycles. The van der Waals surface area contributed by atoms with E-state index in [0.717, 1.165) is 0 Å². The van der Waals surface area contributed by atoms with Gasteiger partial charge in [-0.2, -0.15) is 50.5 Å². The predicted octanol–water partition coefficient (Wildman–Crippen LogP) is -11.8. The van der Waals surface area contributed by atoms with Crippen LogP contribution in [0.25, 0.3) is 0 Å². The van der Waals surface area contributed by atoms with Crippen molar-refractivity contribution in [3.05, 3.63) is 0 Å². The number of aliphatic hydroxyl groups excluding tert-OH is 8. The van der Waals surface area contributed by atoms with Crippen molar-refractivity contribution in [2.24, 2.45) is 0 Å². The first-order chi connectivity index (χ1) is 41.6. The van der Waals surface area contributed by atoms with Gasteiger partial charge in [0.2, 0.25) is 0 Å². The molecule has 0 unspecified atom stereocenters. The van der Waals surface area contributed by atoms with E-state index in [1.807, 2.05) is 0 Å². The number of hydrogen-bond acceptors (Lipinski definition) is 40. The van der Waals surface area contributed by atoms with E-state index in [-0.39, 0.29) is 0 Å². The first kappa shape index (κ1) is 76.9. The molecule has 0 aromatic carbocycles. The molecule has 6 aliphatic rings. The Labute approximate surface area is 509 Å². The van der Waals surface area contributed by atoms with E-state index in [1.54, 1.807) is 0 Å². The van der Waals surface area contributed by atoms with E-state index in [0.29, 0.717) is 0 Å². The number of carbonyl (C=O) groups is 3. The number of rotatable bonds is 28. The van der Waals surface area contributed by atoms with Crippen LogP contribution in [0.2, 0.25) is 0 Å². The summed E-state index contributed by atoms with van der Waals surface area (Å²) in [7, 11) is -34.0. The van der Waals surface area contributed by atoms with Gasteiger partial charge in [-0.05, 0) is 0 Å². The average molecular weight is 1470 g/mol. The average Bonchev–Trinajstić information content (AvgIpc) is 0.812. The molecule has 91 heavy (non-hydrogen) atoms. The highest BCUT2D eigenvalue weighted by Gasteiger charge is 2.59. The number of aliphatic carboxylic acids is 3. The van der Waals surface area contributed by atoms with Gasteiger partial charge in [0, 0.05) is 19.3 Å². The molecule has 530 valence electrons. The molecular weight excluding hydrogens is 1410 g/mol.